The maximum atomic E-state index is 13.3. The van der Waals surface area contributed by atoms with Gasteiger partial charge in [0.25, 0.3) is 5.91 Å². The average Bonchev–Trinajstić information content (AvgIpc) is 3.33. The van der Waals surface area contributed by atoms with Gasteiger partial charge in [0.15, 0.2) is 22.7 Å². The summed E-state index contributed by atoms with van der Waals surface area (Å²) < 4.78 is 21.5. The zero-order chi connectivity index (χ0) is 23.1. The van der Waals surface area contributed by atoms with Gasteiger partial charge in [0.2, 0.25) is 5.75 Å². The molecule has 1 aliphatic rings. The fourth-order valence-corrected chi connectivity index (χ4v) is 4.71. The van der Waals surface area contributed by atoms with Crippen LogP contribution in [0.15, 0.2) is 23.7 Å². The Bertz CT molecular complexity index is 886. The van der Waals surface area contributed by atoms with Gasteiger partial charge in [-0.3, -0.25) is 14.5 Å². The molecule has 1 amide bonds. The number of esters is 1. The number of rotatable bonds is 9. The van der Waals surface area contributed by atoms with Crippen LogP contribution in [0, 0.1) is 0 Å². The molecule has 0 N–H and O–H groups in total. The summed E-state index contributed by atoms with van der Waals surface area (Å²) in [7, 11) is 4.54. The van der Waals surface area contributed by atoms with Gasteiger partial charge in [-0.2, -0.15) is 0 Å². The van der Waals surface area contributed by atoms with E-state index < -0.39 is 12.1 Å². The SMILES string of the molecule is COc1cc(CC(=O)OC(C)C(=O)N(c2nccs2)C2CCCCC2)cc(OC)c1OC. The van der Waals surface area contributed by atoms with Crippen molar-refractivity contribution in [1.29, 1.82) is 0 Å². The minimum absolute atomic E-state index is 0.0327. The molecule has 1 saturated carbocycles. The molecule has 1 fully saturated rings. The topological polar surface area (TPSA) is 87.2 Å². The number of methoxy groups -OCH3 is 3. The van der Waals surface area contributed by atoms with Crippen molar-refractivity contribution in [2.75, 3.05) is 26.2 Å². The van der Waals surface area contributed by atoms with Crippen molar-refractivity contribution >= 4 is 28.3 Å². The number of ether oxygens (including phenoxy) is 4. The monoisotopic (exact) mass is 462 g/mol. The Balaban J connectivity index is 1.71. The summed E-state index contributed by atoms with van der Waals surface area (Å²) in [4.78, 5) is 32.0. The maximum absolute atomic E-state index is 13.3. The van der Waals surface area contributed by atoms with E-state index in [1.54, 1.807) is 30.2 Å². The van der Waals surface area contributed by atoms with Crippen molar-refractivity contribution in [3.8, 4) is 17.2 Å². The van der Waals surface area contributed by atoms with Gasteiger partial charge >= 0.3 is 5.97 Å². The van der Waals surface area contributed by atoms with Gasteiger partial charge in [0.1, 0.15) is 0 Å². The normalized spacial score (nSPS) is 15.0. The van der Waals surface area contributed by atoms with E-state index in [1.807, 2.05) is 5.38 Å². The summed E-state index contributed by atoms with van der Waals surface area (Å²) >= 11 is 1.42. The molecule has 0 spiro atoms. The van der Waals surface area contributed by atoms with E-state index in [2.05, 4.69) is 4.98 Å². The molecule has 9 heteroatoms. The molecule has 1 aromatic carbocycles. The Morgan fingerprint density at radius 1 is 1.09 bits per heavy atom. The molecule has 1 aliphatic carbocycles. The molecule has 1 unspecified atom stereocenters. The third-order valence-electron chi connectivity index (χ3n) is 5.53. The fourth-order valence-electron chi connectivity index (χ4n) is 3.99. The van der Waals surface area contributed by atoms with Crippen LogP contribution in [0.25, 0.3) is 0 Å². The zero-order valence-electron chi connectivity index (χ0n) is 19.0. The number of anilines is 1. The smallest absolute Gasteiger partial charge is 0.311 e. The van der Waals surface area contributed by atoms with Gasteiger partial charge in [0.05, 0.1) is 27.8 Å². The molecule has 0 bridgehead atoms. The quantitative estimate of drug-likeness (QED) is 0.520. The molecular weight excluding hydrogens is 432 g/mol. The van der Waals surface area contributed by atoms with E-state index in [0.29, 0.717) is 27.9 Å². The molecule has 3 rings (SSSR count). The summed E-state index contributed by atoms with van der Waals surface area (Å²) in [5.74, 6) is 0.590. The van der Waals surface area contributed by atoms with Crippen molar-refractivity contribution in [1.82, 2.24) is 4.98 Å². The molecule has 32 heavy (non-hydrogen) atoms. The molecule has 0 saturated heterocycles. The Labute approximate surface area is 192 Å². The zero-order valence-corrected chi connectivity index (χ0v) is 19.8. The predicted molar refractivity (Wildman–Crippen MR) is 122 cm³/mol. The highest BCUT2D eigenvalue weighted by Gasteiger charge is 2.33. The van der Waals surface area contributed by atoms with Crippen LogP contribution in [-0.4, -0.2) is 50.3 Å². The molecule has 8 nitrogen and oxygen atoms in total. The highest BCUT2D eigenvalue weighted by molar-refractivity contribution is 7.13. The largest absolute Gasteiger partial charge is 0.493 e. The number of carbonyl (C=O) groups is 2. The first-order valence-electron chi connectivity index (χ1n) is 10.7. The van der Waals surface area contributed by atoms with Crippen LogP contribution < -0.4 is 19.1 Å². The van der Waals surface area contributed by atoms with E-state index >= 15 is 0 Å². The first-order chi connectivity index (χ1) is 15.5. The van der Waals surface area contributed by atoms with Gasteiger partial charge < -0.3 is 18.9 Å². The lowest BCUT2D eigenvalue weighted by atomic mass is 9.94. The van der Waals surface area contributed by atoms with Gasteiger partial charge in [-0.15, -0.1) is 11.3 Å². The molecule has 1 atom stereocenters. The minimum Gasteiger partial charge on any atom is -0.493 e. The number of carbonyl (C=O) groups excluding carboxylic acids is 2. The minimum atomic E-state index is -0.921. The predicted octanol–water partition coefficient (Wildman–Crippen LogP) is 4.01. The van der Waals surface area contributed by atoms with Crippen molar-refractivity contribution in [3.05, 3.63) is 29.3 Å². The lowest BCUT2D eigenvalue weighted by molar-refractivity contribution is -0.153. The molecule has 0 aliphatic heterocycles. The lowest BCUT2D eigenvalue weighted by Gasteiger charge is -2.33. The van der Waals surface area contributed by atoms with Crippen molar-refractivity contribution in [2.24, 2.45) is 0 Å². The second-order valence-corrected chi connectivity index (χ2v) is 8.53. The van der Waals surface area contributed by atoms with Gasteiger partial charge in [-0.1, -0.05) is 19.3 Å². The van der Waals surface area contributed by atoms with Crippen molar-refractivity contribution in [2.45, 2.75) is 57.6 Å². The van der Waals surface area contributed by atoms with Gasteiger partial charge in [-0.05, 0) is 37.5 Å². The van der Waals surface area contributed by atoms with E-state index in [1.165, 1.54) is 39.1 Å². The summed E-state index contributed by atoms with van der Waals surface area (Å²) in [5, 5.41) is 2.49. The van der Waals surface area contributed by atoms with Gasteiger partial charge in [-0.25, -0.2) is 4.98 Å². The first-order valence-corrected chi connectivity index (χ1v) is 11.6. The number of hydrogen-bond donors (Lipinski definition) is 0. The van der Waals surface area contributed by atoms with E-state index in [-0.39, 0.29) is 18.4 Å². The Kier molecular flexibility index (Phi) is 8.33. The standard InChI is InChI=1S/C23H30N2O6S/c1-15(22(27)25(23-24-10-11-32-23)17-8-6-5-7-9-17)31-20(26)14-16-12-18(28-2)21(30-4)19(13-16)29-3/h10-13,15,17H,5-9,14H2,1-4H3. The number of nitrogens with zero attached hydrogens (tertiary/aromatic N) is 2. The molecule has 0 radical (unpaired) electrons. The number of thiazole rings is 1. The number of aromatic nitrogens is 1. The molecular formula is C23H30N2O6S. The maximum Gasteiger partial charge on any atom is 0.311 e. The third kappa shape index (κ3) is 5.51. The van der Waals surface area contributed by atoms with Crippen LogP contribution in [0.4, 0.5) is 5.13 Å². The Hall–Kier alpha value is -2.81. The van der Waals surface area contributed by atoms with E-state index in [4.69, 9.17) is 18.9 Å². The summed E-state index contributed by atoms with van der Waals surface area (Å²) in [6, 6.07) is 3.47. The highest BCUT2D eigenvalue weighted by atomic mass is 32.1. The second-order valence-electron chi connectivity index (χ2n) is 7.66. The van der Waals surface area contributed by atoms with Gasteiger partial charge in [0, 0.05) is 17.6 Å². The van der Waals surface area contributed by atoms with Crippen LogP contribution >= 0.6 is 11.3 Å². The second kappa shape index (κ2) is 11.2. The van der Waals surface area contributed by atoms with Crippen LogP contribution in [0.1, 0.15) is 44.6 Å². The van der Waals surface area contributed by atoms with Crippen molar-refractivity contribution < 1.29 is 28.5 Å². The lowest BCUT2D eigenvalue weighted by Crippen LogP contribution is -2.47. The molecule has 2 aromatic rings. The van der Waals surface area contributed by atoms with E-state index in [0.717, 1.165) is 25.7 Å². The Morgan fingerprint density at radius 2 is 1.75 bits per heavy atom. The van der Waals surface area contributed by atoms with Crippen molar-refractivity contribution in [3.63, 3.8) is 0 Å². The van der Waals surface area contributed by atoms with Crippen LogP contribution in [-0.2, 0) is 20.7 Å². The van der Waals surface area contributed by atoms with E-state index in [9.17, 15) is 9.59 Å². The average molecular weight is 463 g/mol. The molecule has 1 heterocycles. The third-order valence-corrected chi connectivity index (χ3v) is 6.30. The van der Waals surface area contributed by atoms with Crippen LogP contribution in [0.5, 0.6) is 17.2 Å². The highest BCUT2D eigenvalue weighted by Crippen LogP contribution is 2.38. The number of amides is 1. The molecule has 174 valence electrons. The first kappa shape index (κ1) is 23.8. The summed E-state index contributed by atoms with van der Waals surface area (Å²) in [5.41, 5.74) is 0.633. The summed E-state index contributed by atoms with van der Waals surface area (Å²) in [6.07, 6.45) is 5.92. The molecule has 1 aromatic heterocycles. The summed E-state index contributed by atoms with van der Waals surface area (Å²) in [6.45, 7) is 1.61. The number of benzene rings is 1. The Morgan fingerprint density at radius 3 is 2.28 bits per heavy atom. The fraction of sp³-hybridized carbons (Fsp3) is 0.522. The van der Waals surface area contributed by atoms with Crippen LogP contribution in [0.3, 0.4) is 0 Å². The van der Waals surface area contributed by atoms with Crippen LogP contribution in [0.2, 0.25) is 0 Å². The number of hydrogen-bond acceptors (Lipinski definition) is 8.